The number of rotatable bonds is 11. The van der Waals surface area contributed by atoms with Crippen LogP contribution in [-0.2, 0) is 14.8 Å². The zero-order chi connectivity index (χ0) is 23.0. The average Bonchev–Trinajstić information content (AvgIpc) is 3.34. The zero-order valence-electron chi connectivity index (χ0n) is 18.5. The Morgan fingerprint density at radius 3 is 2.41 bits per heavy atom. The Morgan fingerprint density at radius 1 is 1.06 bits per heavy atom. The van der Waals surface area contributed by atoms with Crippen LogP contribution >= 0.6 is 11.8 Å². The molecule has 0 heterocycles. The van der Waals surface area contributed by atoms with E-state index in [1.54, 1.807) is 36.4 Å². The van der Waals surface area contributed by atoms with Crippen LogP contribution in [0.4, 0.5) is 5.69 Å². The minimum Gasteiger partial charge on any atom is -0.497 e. The Labute approximate surface area is 194 Å². The SMILES string of the molecule is COc1ccc(S(=O)(=O)N(CC(=O)NCCSC2CCCC2)c2ccccc2OC)cc1. The van der Waals surface area contributed by atoms with Crippen molar-refractivity contribution < 1.29 is 22.7 Å². The van der Waals surface area contributed by atoms with Crippen LogP contribution < -0.4 is 19.1 Å². The average molecular weight is 479 g/mol. The van der Waals surface area contributed by atoms with Gasteiger partial charge in [-0.2, -0.15) is 11.8 Å². The van der Waals surface area contributed by atoms with Crippen LogP contribution in [-0.4, -0.2) is 52.6 Å². The number of sulfonamides is 1. The molecule has 32 heavy (non-hydrogen) atoms. The lowest BCUT2D eigenvalue weighted by molar-refractivity contribution is -0.119. The van der Waals surface area contributed by atoms with Crippen LogP contribution in [0.25, 0.3) is 0 Å². The summed E-state index contributed by atoms with van der Waals surface area (Å²) in [5.41, 5.74) is 0.307. The molecule has 0 spiro atoms. The highest BCUT2D eigenvalue weighted by Gasteiger charge is 2.29. The van der Waals surface area contributed by atoms with Crippen molar-refractivity contribution in [1.82, 2.24) is 5.32 Å². The normalized spacial score (nSPS) is 14.2. The second kappa shape index (κ2) is 11.5. The van der Waals surface area contributed by atoms with Crippen LogP contribution in [0.15, 0.2) is 53.4 Å². The molecule has 0 saturated heterocycles. The molecule has 0 aliphatic heterocycles. The van der Waals surface area contributed by atoms with Gasteiger partial charge in [0.2, 0.25) is 5.91 Å². The third-order valence-electron chi connectivity index (χ3n) is 5.37. The van der Waals surface area contributed by atoms with E-state index in [-0.39, 0.29) is 17.3 Å². The molecule has 3 rings (SSSR count). The van der Waals surface area contributed by atoms with Crippen LogP contribution in [0.5, 0.6) is 11.5 Å². The van der Waals surface area contributed by atoms with Crippen molar-refractivity contribution >= 4 is 33.4 Å². The molecule has 1 N–H and O–H groups in total. The van der Waals surface area contributed by atoms with E-state index >= 15 is 0 Å². The lowest BCUT2D eigenvalue weighted by atomic mass is 10.3. The van der Waals surface area contributed by atoms with Gasteiger partial charge in [-0.05, 0) is 49.2 Å². The number of nitrogens with one attached hydrogen (secondary N) is 1. The molecule has 2 aromatic rings. The molecular weight excluding hydrogens is 448 g/mol. The summed E-state index contributed by atoms with van der Waals surface area (Å²) in [6.07, 6.45) is 5.03. The number of para-hydroxylation sites is 2. The molecule has 0 radical (unpaired) electrons. The van der Waals surface area contributed by atoms with Crippen LogP contribution in [0.2, 0.25) is 0 Å². The topological polar surface area (TPSA) is 84.9 Å². The largest absolute Gasteiger partial charge is 0.497 e. The van der Waals surface area contributed by atoms with Crippen LogP contribution in [0.1, 0.15) is 25.7 Å². The van der Waals surface area contributed by atoms with Gasteiger partial charge in [-0.3, -0.25) is 9.10 Å². The molecule has 0 unspecified atom stereocenters. The maximum atomic E-state index is 13.5. The van der Waals surface area contributed by atoms with Crippen molar-refractivity contribution in [2.45, 2.75) is 35.8 Å². The number of hydrogen-bond donors (Lipinski definition) is 1. The maximum absolute atomic E-state index is 13.5. The van der Waals surface area contributed by atoms with Crippen molar-refractivity contribution in [3.8, 4) is 11.5 Å². The van der Waals surface area contributed by atoms with Gasteiger partial charge in [-0.25, -0.2) is 8.42 Å². The number of carbonyl (C=O) groups is 1. The molecule has 174 valence electrons. The summed E-state index contributed by atoms with van der Waals surface area (Å²) in [7, 11) is -1.04. The van der Waals surface area contributed by atoms with Crippen LogP contribution in [0.3, 0.4) is 0 Å². The van der Waals surface area contributed by atoms with E-state index in [1.807, 2.05) is 11.8 Å². The van der Waals surface area contributed by atoms with Crippen LogP contribution in [0, 0.1) is 0 Å². The van der Waals surface area contributed by atoms with E-state index in [0.29, 0.717) is 29.0 Å². The van der Waals surface area contributed by atoms with E-state index in [0.717, 1.165) is 10.1 Å². The second-order valence-corrected chi connectivity index (χ2v) is 10.8. The molecular formula is C23H30N2O5S2. The molecule has 1 amide bonds. The summed E-state index contributed by atoms with van der Waals surface area (Å²) in [4.78, 5) is 12.8. The van der Waals surface area contributed by atoms with Crippen molar-refractivity contribution in [2.75, 3.05) is 37.4 Å². The molecule has 9 heteroatoms. The molecule has 0 aromatic heterocycles. The lowest BCUT2D eigenvalue weighted by Crippen LogP contribution is -2.41. The first-order chi connectivity index (χ1) is 15.5. The number of anilines is 1. The molecule has 1 aliphatic rings. The number of thioether (sulfide) groups is 1. The molecule has 1 aliphatic carbocycles. The Kier molecular flexibility index (Phi) is 8.69. The Bertz CT molecular complexity index is 990. The van der Waals surface area contributed by atoms with Crippen molar-refractivity contribution in [3.63, 3.8) is 0 Å². The highest BCUT2D eigenvalue weighted by Crippen LogP contribution is 2.32. The monoisotopic (exact) mass is 478 g/mol. The summed E-state index contributed by atoms with van der Waals surface area (Å²) in [6.45, 7) is 0.158. The summed E-state index contributed by atoms with van der Waals surface area (Å²) in [6, 6.07) is 12.8. The predicted molar refractivity (Wildman–Crippen MR) is 128 cm³/mol. The summed E-state index contributed by atoms with van der Waals surface area (Å²) < 4.78 is 38.6. The van der Waals surface area contributed by atoms with Gasteiger partial charge in [0.25, 0.3) is 10.0 Å². The van der Waals surface area contributed by atoms with Gasteiger partial charge in [0, 0.05) is 17.5 Å². The first-order valence-electron chi connectivity index (χ1n) is 10.6. The third kappa shape index (κ3) is 6.10. The Morgan fingerprint density at radius 2 is 1.75 bits per heavy atom. The zero-order valence-corrected chi connectivity index (χ0v) is 20.1. The van der Waals surface area contributed by atoms with Gasteiger partial charge in [-0.15, -0.1) is 0 Å². The molecule has 1 saturated carbocycles. The predicted octanol–water partition coefficient (Wildman–Crippen LogP) is 3.69. The Balaban J connectivity index is 1.76. The van der Waals surface area contributed by atoms with E-state index in [4.69, 9.17) is 9.47 Å². The number of carbonyl (C=O) groups excluding carboxylic acids is 1. The molecule has 1 fully saturated rings. The van der Waals surface area contributed by atoms with Gasteiger partial charge in [0.05, 0.1) is 24.8 Å². The fraction of sp³-hybridized carbons (Fsp3) is 0.435. The fourth-order valence-electron chi connectivity index (χ4n) is 3.67. The number of methoxy groups -OCH3 is 2. The smallest absolute Gasteiger partial charge is 0.264 e. The van der Waals surface area contributed by atoms with Crippen molar-refractivity contribution in [1.29, 1.82) is 0 Å². The van der Waals surface area contributed by atoms with Gasteiger partial charge in [-0.1, -0.05) is 25.0 Å². The number of ether oxygens (including phenoxy) is 2. The summed E-state index contributed by atoms with van der Waals surface area (Å²) in [5, 5.41) is 3.53. The summed E-state index contributed by atoms with van der Waals surface area (Å²) in [5.74, 6) is 1.37. The summed E-state index contributed by atoms with van der Waals surface area (Å²) >= 11 is 1.87. The number of nitrogens with zero attached hydrogens (tertiary/aromatic N) is 1. The van der Waals surface area contributed by atoms with Gasteiger partial charge in [0.15, 0.2) is 0 Å². The van der Waals surface area contributed by atoms with Gasteiger partial charge >= 0.3 is 0 Å². The third-order valence-corrected chi connectivity index (χ3v) is 8.53. The van der Waals surface area contributed by atoms with E-state index in [2.05, 4.69) is 5.32 Å². The van der Waals surface area contributed by atoms with E-state index in [1.165, 1.54) is 52.0 Å². The standard InChI is InChI=1S/C23H30N2O5S2/c1-29-18-11-13-20(14-12-18)32(27,28)25(21-9-5-6-10-22(21)30-2)17-23(26)24-15-16-31-19-7-3-4-8-19/h5-6,9-14,19H,3-4,7-8,15-17H2,1-2H3,(H,24,26). The van der Waals surface area contributed by atoms with Gasteiger partial charge in [0.1, 0.15) is 18.0 Å². The Hall–Kier alpha value is -2.39. The highest BCUT2D eigenvalue weighted by molar-refractivity contribution is 7.99. The first kappa shape index (κ1) is 24.3. The number of hydrogen-bond acceptors (Lipinski definition) is 6. The van der Waals surface area contributed by atoms with Crippen molar-refractivity contribution in [2.24, 2.45) is 0 Å². The second-order valence-electron chi connectivity index (χ2n) is 7.49. The van der Waals surface area contributed by atoms with Crippen molar-refractivity contribution in [3.05, 3.63) is 48.5 Å². The quantitative estimate of drug-likeness (QED) is 0.496. The fourth-order valence-corrected chi connectivity index (χ4v) is 6.32. The van der Waals surface area contributed by atoms with E-state index in [9.17, 15) is 13.2 Å². The van der Waals surface area contributed by atoms with E-state index < -0.39 is 10.0 Å². The molecule has 0 atom stereocenters. The molecule has 7 nitrogen and oxygen atoms in total. The minimum atomic E-state index is -4.02. The lowest BCUT2D eigenvalue weighted by Gasteiger charge is -2.25. The molecule has 2 aromatic carbocycles. The van der Waals surface area contributed by atoms with Gasteiger partial charge < -0.3 is 14.8 Å². The number of amides is 1. The first-order valence-corrected chi connectivity index (χ1v) is 13.1. The maximum Gasteiger partial charge on any atom is 0.264 e. The minimum absolute atomic E-state index is 0.0637. The molecule has 0 bridgehead atoms. The number of benzene rings is 2. The highest BCUT2D eigenvalue weighted by atomic mass is 32.2.